The highest BCUT2D eigenvalue weighted by Gasteiger charge is 2.32. The molecule has 0 saturated carbocycles. The summed E-state index contributed by atoms with van der Waals surface area (Å²) in [6.07, 6.45) is 7.46. The highest BCUT2D eigenvalue weighted by atomic mass is 16.5. The standard InChI is InChI=1S/C16H27NO/c1-6-16(10-7-11-17-12-16)18-15(14(4)5)9-8-13(2)3/h8-9,17H,4,6-7,10-12H2,1-3,5H3/b15-9+. The SMILES string of the molecule is C=C(C)/C(=C\C=C(C)C)OC1(CC)CCCNC1. The van der Waals surface area contributed by atoms with E-state index in [0.717, 1.165) is 37.3 Å². The molecule has 1 heterocycles. The second kappa shape index (κ2) is 6.79. The summed E-state index contributed by atoms with van der Waals surface area (Å²) in [6.45, 7) is 14.4. The van der Waals surface area contributed by atoms with Crippen LogP contribution < -0.4 is 5.32 Å². The molecule has 18 heavy (non-hydrogen) atoms. The third-order valence-corrected chi connectivity index (χ3v) is 3.39. The van der Waals surface area contributed by atoms with Gasteiger partial charge in [0.15, 0.2) is 0 Å². The number of allylic oxidation sites excluding steroid dienone is 4. The van der Waals surface area contributed by atoms with E-state index in [1.165, 1.54) is 12.0 Å². The van der Waals surface area contributed by atoms with Crippen molar-refractivity contribution >= 4 is 0 Å². The minimum atomic E-state index is -0.0570. The zero-order valence-electron chi connectivity index (χ0n) is 12.3. The molecule has 1 aliphatic rings. The van der Waals surface area contributed by atoms with E-state index in [1.807, 2.05) is 13.0 Å². The van der Waals surface area contributed by atoms with Gasteiger partial charge in [-0.2, -0.15) is 0 Å². The molecular weight excluding hydrogens is 222 g/mol. The Morgan fingerprint density at radius 2 is 2.06 bits per heavy atom. The zero-order chi connectivity index (χ0) is 13.6. The second-order valence-electron chi connectivity index (χ2n) is 5.47. The van der Waals surface area contributed by atoms with Gasteiger partial charge in [-0.1, -0.05) is 25.2 Å². The van der Waals surface area contributed by atoms with Crippen LogP contribution in [-0.2, 0) is 4.74 Å². The predicted octanol–water partition coefficient (Wildman–Crippen LogP) is 3.96. The normalized spacial score (nSPS) is 24.6. The summed E-state index contributed by atoms with van der Waals surface area (Å²) >= 11 is 0. The monoisotopic (exact) mass is 249 g/mol. The number of piperidine rings is 1. The van der Waals surface area contributed by atoms with Crippen molar-refractivity contribution in [1.29, 1.82) is 0 Å². The van der Waals surface area contributed by atoms with Crippen molar-refractivity contribution in [1.82, 2.24) is 5.32 Å². The van der Waals surface area contributed by atoms with E-state index < -0.39 is 0 Å². The number of hydrogen-bond acceptors (Lipinski definition) is 2. The van der Waals surface area contributed by atoms with Gasteiger partial charge in [0.25, 0.3) is 0 Å². The summed E-state index contributed by atoms with van der Waals surface area (Å²) in [7, 11) is 0. The van der Waals surface area contributed by atoms with Crippen molar-refractivity contribution in [2.75, 3.05) is 13.1 Å². The smallest absolute Gasteiger partial charge is 0.122 e. The van der Waals surface area contributed by atoms with E-state index in [-0.39, 0.29) is 5.60 Å². The van der Waals surface area contributed by atoms with Gasteiger partial charge in [-0.15, -0.1) is 0 Å². The van der Waals surface area contributed by atoms with Crippen LogP contribution in [0.3, 0.4) is 0 Å². The van der Waals surface area contributed by atoms with Gasteiger partial charge in [0.05, 0.1) is 0 Å². The molecule has 0 spiro atoms. The van der Waals surface area contributed by atoms with Crippen LogP contribution in [0.15, 0.2) is 35.6 Å². The molecule has 0 aromatic rings. The first kappa shape index (κ1) is 15.0. The molecule has 1 N–H and O–H groups in total. The summed E-state index contributed by atoms with van der Waals surface area (Å²) < 4.78 is 6.29. The van der Waals surface area contributed by atoms with Crippen LogP contribution in [-0.4, -0.2) is 18.7 Å². The molecule has 1 fully saturated rings. The van der Waals surface area contributed by atoms with Gasteiger partial charge < -0.3 is 10.1 Å². The van der Waals surface area contributed by atoms with Crippen molar-refractivity contribution in [3.8, 4) is 0 Å². The Morgan fingerprint density at radius 1 is 1.33 bits per heavy atom. The summed E-state index contributed by atoms with van der Waals surface area (Å²) in [4.78, 5) is 0. The Morgan fingerprint density at radius 3 is 2.50 bits per heavy atom. The molecule has 1 saturated heterocycles. The van der Waals surface area contributed by atoms with E-state index >= 15 is 0 Å². The van der Waals surface area contributed by atoms with E-state index in [1.54, 1.807) is 0 Å². The summed E-state index contributed by atoms with van der Waals surface area (Å²) in [5.74, 6) is 0.918. The molecule has 0 amide bonds. The third kappa shape index (κ3) is 4.34. The lowest BCUT2D eigenvalue weighted by molar-refractivity contribution is -0.0168. The Balaban J connectivity index is 2.84. The van der Waals surface area contributed by atoms with Crippen LogP contribution in [0.1, 0.15) is 47.0 Å². The summed E-state index contributed by atoms with van der Waals surface area (Å²) in [5.41, 5.74) is 2.20. The Hall–Kier alpha value is -1.02. The molecule has 0 aromatic carbocycles. The van der Waals surface area contributed by atoms with Gasteiger partial charge in [0, 0.05) is 6.54 Å². The quantitative estimate of drug-likeness (QED) is 0.588. The maximum atomic E-state index is 6.29. The molecule has 1 aliphatic heterocycles. The zero-order valence-corrected chi connectivity index (χ0v) is 12.3. The van der Waals surface area contributed by atoms with Crippen molar-refractivity contribution < 1.29 is 4.74 Å². The van der Waals surface area contributed by atoms with Crippen molar-refractivity contribution in [3.05, 3.63) is 35.6 Å². The van der Waals surface area contributed by atoms with Gasteiger partial charge in [-0.3, -0.25) is 0 Å². The van der Waals surface area contributed by atoms with E-state index in [2.05, 4.69) is 38.7 Å². The average molecular weight is 249 g/mol. The maximum absolute atomic E-state index is 6.29. The lowest BCUT2D eigenvalue weighted by Crippen LogP contribution is -2.47. The first-order valence-electron chi connectivity index (χ1n) is 6.90. The lowest BCUT2D eigenvalue weighted by Gasteiger charge is -2.38. The largest absolute Gasteiger partial charge is 0.486 e. The minimum absolute atomic E-state index is 0.0570. The van der Waals surface area contributed by atoms with Crippen LogP contribution >= 0.6 is 0 Å². The number of hydrogen-bond donors (Lipinski definition) is 1. The molecule has 0 aliphatic carbocycles. The number of rotatable bonds is 5. The molecule has 102 valence electrons. The van der Waals surface area contributed by atoms with Crippen molar-refractivity contribution in [2.45, 2.75) is 52.6 Å². The van der Waals surface area contributed by atoms with Crippen LogP contribution in [0.2, 0.25) is 0 Å². The van der Waals surface area contributed by atoms with Gasteiger partial charge in [-0.05, 0) is 58.2 Å². The first-order valence-corrected chi connectivity index (χ1v) is 6.90. The van der Waals surface area contributed by atoms with Crippen LogP contribution in [0.4, 0.5) is 0 Å². The van der Waals surface area contributed by atoms with E-state index in [0.29, 0.717) is 0 Å². The predicted molar refractivity (Wildman–Crippen MR) is 78.5 cm³/mol. The molecule has 2 heteroatoms. The number of nitrogens with one attached hydrogen (secondary N) is 1. The fraction of sp³-hybridized carbons (Fsp3) is 0.625. The highest BCUT2D eigenvalue weighted by molar-refractivity contribution is 5.26. The van der Waals surface area contributed by atoms with E-state index in [4.69, 9.17) is 4.74 Å². The van der Waals surface area contributed by atoms with Crippen LogP contribution in [0.25, 0.3) is 0 Å². The lowest BCUT2D eigenvalue weighted by atomic mass is 9.91. The summed E-state index contributed by atoms with van der Waals surface area (Å²) in [5, 5.41) is 3.44. The van der Waals surface area contributed by atoms with Crippen molar-refractivity contribution in [3.63, 3.8) is 0 Å². The highest BCUT2D eigenvalue weighted by Crippen LogP contribution is 2.29. The average Bonchev–Trinajstić information content (AvgIpc) is 2.35. The maximum Gasteiger partial charge on any atom is 0.122 e. The Kier molecular flexibility index (Phi) is 5.67. The van der Waals surface area contributed by atoms with Gasteiger partial charge in [0.2, 0.25) is 0 Å². The topological polar surface area (TPSA) is 21.3 Å². The first-order chi connectivity index (χ1) is 8.49. The Bertz CT molecular complexity index is 342. The summed E-state index contributed by atoms with van der Waals surface area (Å²) in [6, 6.07) is 0. The molecule has 1 atom stereocenters. The molecular formula is C16H27NO. The molecule has 2 nitrogen and oxygen atoms in total. The Labute approximate surface area is 112 Å². The van der Waals surface area contributed by atoms with E-state index in [9.17, 15) is 0 Å². The van der Waals surface area contributed by atoms with Crippen LogP contribution in [0.5, 0.6) is 0 Å². The van der Waals surface area contributed by atoms with Gasteiger partial charge in [0.1, 0.15) is 11.4 Å². The minimum Gasteiger partial charge on any atom is -0.486 e. The molecule has 1 unspecified atom stereocenters. The molecule has 1 rings (SSSR count). The third-order valence-electron chi connectivity index (χ3n) is 3.39. The van der Waals surface area contributed by atoms with Crippen LogP contribution in [0, 0.1) is 0 Å². The van der Waals surface area contributed by atoms with Crippen molar-refractivity contribution in [2.24, 2.45) is 0 Å². The van der Waals surface area contributed by atoms with Gasteiger partial charge >= 0.3 is 0 Å². The molecule has 0 aromatic heterocycles. The molecule has 0 radical (unpaired) electrons. The van der Waals surface area contributed by atoms with Gasteiger partial charge in [-0.25, -0.2) is 0 Å². The second-order valence-corrected chi connectivity index (χ2v) is 5.47. The fourth-order valence-electron chi connectivity index (χ4n) is 2.14. The molecule has 0 bridgehead atoms. The fourth-order valence-corrected chi connectivity index (χ4v) is 2.14. The number of ether oxygens (including phenoxy) is 1.